The number of anilines is 1. The largest absolute Gasteiger partial charge is 0.478 e. The predicted molar refractivity (Wildman–Crippen MR) is 95.7 cm³/mol. The van der Waals surface area contributed by atoms with E-state index in [1.54, 1.807) is 12.3 Å². The van der Waals surface area contributed by atoms with Crippen LogP contribution in [-0.2, 0) is 14.3 Å². The van der Waals surface area contributed by atoms with Crippen molar-refractivity contribution in [1.82, 2.24) is 0 Å². The first-order chi connectivity index (χ1) is 11.9. The fraction of sp³-hybridized carbons (Fsp3) is 0.167. The van der Waals surface area contributed by atoms with Crippen LogP contribution in [0.1, 0.15) is 24.2 Å². The van der Waals surface area contributed by atoms with Crippen molar-refractivity contribution in [1.29, 1.82) is 0 Å². The molecule has 0 bridgehead atoms. The number of hydrogen-bond acceptors (Lipinski definition) is 5. The third-order valence-corrected chi connectivity index (χ3v) is 4.18. The quantitative estimate of drug-likeness (QED) is 0.608. The number of aliphatic carboxylic acids is 1. The molecule has 0 spiro atoms. The van der Waals surface area contributed by atoms with E-state index in [1.807, 2.05) is 30.3 Å². The molecule has 0 radical (unpaired) electrons. The lowest BCUT2D eigenvalue weighted by Gasteiger charge is -2.09. The molecule has 0 aliphatic heterocycles. The van der Waals surface area contributed by atoms with E-state index in [2.05, 4.69) is 5.32 Å². The van der Waals surface area contributed by atoms with Crippen LogP contribution in [0.5, 0.6) is 0 Å². The topological polar surface area (TPSA) is 92.7 Å². The van der Waals surface area contributed by atoms with Gasteiger partial charge in [-0.3, -0.25) is 4.79 Å². The highest BCUT2D eigenvalue weighted by Crippen LogP contribution is 2.36. The lowest BCUT2D eigenvalue weighted by molar-refractivity contribution is -0.131. The van der Waals surface area contributed by atoms with Crippen LogP contribution in [0.15, 0.2) is 47.4 Å². The summed E-state index contributed by atoms with van der Waals surface area (Å²) in [5.74, 6) is -2.35. The minimum atomic E-state index is -1.21. The van der Waals surface area contributed by atoms with Crippen molar-refractivity contribution >= 4 is 34.2 Å². The van der Waals surface area contributed by atoms with E-state index in [9.17, 15) is 14.4 Å². The number of hydrogen-bond donors (Lipinski definition) is 2. The van der Waals surface area contributed by atoms with Gasteiger partial charge < -0.3 is 15.2 Å². The highest BCUT2D eigenvalue weighted by Gasteiger charge is 2.23. The van der Waals surface area contributed by atoms with Crippen LogP contribution < -0.4 is 5.32 Å². The molecule has 2 rings (SSSR count). The number of amides is 1. The summed E-state index contributed by atoms with van der Waals surface area (Å²) >= 11 is 1.18. The molecule has 1 heterocycles. The number of carboxylic acids is 1. The third kappa shape index (κ3) is 4.54. The van der Waals surface area contributed by atoms with Gasteiger partial charge in [0.25, 0.3) is 5.91 Å². The van der Waals surface area contributed by atoms with E-state index >= 15 is 0 Å². The van der Waals surface area contributed by atoms with Gasteiger partial charge >= 0.3 is 11.9 Å². The molecule has 0 atom stereocenters. The molecule has 2 N–H and O–H groups in total. The number of carbonyl (C=O) groups excluding carboxylic acids is 2. The molecule has 0 saturated heterocycles. The van der Waals surface area contributed by atoms with E-state index < -0.39 is 17.8 Å². The molecule has 25 heavy (non-hydrogen) atoms. The van der Waals surface area contributed by atoms with Gasteiger partial charge in [0.2, 0.25) is 0 Å². The number of rotatable bonds is 6. The lowest BCUT2D eigenvalue weighted by Crippen LogP contribution is -2.16. The Labute approximate surface area is 148 Å². The number of ether oxygens (including phenoxy) is 1. The van der Waals surface area contributed by atoms with Gasteiger partial charge in [-0.2, -0.15) is 0 Å². The Morgan fingerprint density at radius 3 is 2.52 bits per heavy atom. The summed E-state index contributed by atoms with van der Waals surface area (Å²) in [6.45, 7) is 3.29. The van der Waals surface area contributed by atoms with Gasteiger partial charge in [-0.05, 0) is 19.4 Å². The summed E-state index contributed by atoms with van der Waals surface area (Å²) in [4.78, 5) is 35.2. The zero-order valence-corrected chi connectivity index (χ0v) is 14.6. The van der Waals surface area contributed by atoms with Gasteiger partial charge in [0.05, 0.1) is 6.61 Å². The molecule has 1 amide bonds. The summed E-state index contributed by atoms with van der Waals surface area (Å²) in [5, 5.41) is 13.4. The summed E-state index contributed by atoms with van der Waals surface area (Å²) in [6, 6.07) is 9.26. The summed E-state index contributed by atoms with van der Waals surface area (Å²) < 4.78 is 5.10. The van der Waals surface area contributed by atoms with Crippen molar-refractivity contribution < 1.29 is 24.2 Å². The molecular formula is C18H17NO5S. The highest BCUT2D eigenvalue weighted by molar-refractivity contribution is 7.15. The number of benzene rings is 1. The van der Waals surface area contributed by atoms with E-state index in [0.29, 0.717) is 10.6 Å². The van der Waals surface area contributed by atoms with Crippen LogP contribution in [0.4, 0.5) is 5.00 Å². The maximum atomic E-state index is 12.4. The summed E-state index contributed by atoms with van der Waals surface area (Å²) in [5.41, 5.74) is 1.76. The van der Waals surface area contributed by atoms with Gasteiger partial charge in [0.15, 0.2) is 0 Å². The molecule has 0 fully saturated rings. The van der Waals surface area contributed by atoms with Crippen LogP contribution in [0, 0.1) is 0 Å². The van der Waals surface area contributed by atoms with Crippen molar-refractivity contribution in [2.24, 2.45) is 0 Å². The van der Waals surface area contributed by atoms with E-state index in [-0.39, 0.29) is 17.7 Å². The second kappa shape index (κ2) is 8.25. The zero-order valence-electron chi connectivity index (χ0n) is 13.7. The van der Waals surface area contributed by atoms with Gasteiger partial charge in [-0.15, -0.1) is 11.3 Å². The number of thiophene rings is 1. The molecule has 0 unspecified atom stereocenters. The Hall–Kier alpha value is -2.93. The van der Waals surface area contributed by atoms with Crippen LogP contribution >= 0.6 is 11.3 Å². The fourth-order valence-corrected chi connectivity index (χ4v) is 3.09. The Bertz CT molecular complexity index is 823. The first-order valence-corrected chi connectivity index (χ1v) is 8.38. The molecule has 1 aromatic heterocycles. The van der Waals surface area contributed by atoms with E-state index in [1.165, 1.54) is 18.3 Å². The number of nitrogens with one attached hydrogen (secondary N) is 1. The van der Waals surface area contributed by atoms with Crippen LogP contribution in [0.3, 0.4) is 0 Å². The van der Waals surface area contributed by atoms with Crippen molar-refractivity contribution in [2.45, 2.75) is 13.8 Å². The fourth-order valence-electron chi connectivity index (χ4n) is 2.14. The van der Waals surface area contributed by atoms with Gasteiger partial charge in [0.1, 0.15) is 10.6 Å². The average molecular weight is 359 g/mol. The molecule has 1 aromatic carbocycles. The number of carbonyl (C=O) groups is 3. The number of esters is 1. The molecule has 0 aliphatic carbocycles. The standard InChI is InChI=1S/C18H17NO5S/c1-3-24-18(23)15-13(12-7-5-4-6-8-12)10-25-17(15)19-16(22)11(2)9-14(20)21/h4-10H,3H2,1-2H3,(H,19,22)(H,20,21)/b11-9-. The van der Waals surface area contributed by atoms with Crippen LogP contribution in [0.25, 0.3) is 11.1 Å². The Kier molecular flexibility index (Phi) is 6.08. The van der Waals surface area contributed by atoms with E-state index in [0.717, 1.165) is 11.6 Å². The molecule has 6 nitrogen and oxygen atoms in total. The Morgan fingerprint density at radius 1 is 1.24 bits per heavy atom. The van der Waals surface area contributed by atoms with Crippen molar-refractivity contribution in [3.05, 3.63) is 52.9 Å². The Morgan fingerprint density at radius 2 is 1.92 bits per heavy atom. The van der Waals surface area contributed by atoms with Crippen LogP contribution in [-0.4, -0.2) is 29.6 Å². The normalized spacial score (nSPS) is 11.0. The molecule has 7 heteroatoms. The van der Waals surface area contributed by atoms with Crippen LogP contribution in [0.2, 0.25) is 0 Å². The molecule has 2 aromatic rings. The van der Waals surface area contributed by atoms with Gasteiger partial charge in [-0.1, -0.05) is 30.3 Å². The molecule has 0 saturated carbocycles. The third-order valence-electron chi connectivity index (χ3n) is 3.28. The summed E-state index contributed by atoms with van der Waals surface area (Å²) in [7, 11) is 0. The van der Waals surface area contributed by atoms with Gasteiger partial charge in [0, 0.05) is 22.6 Å². The average Bonchev–Trinajstić information content (AvgIpc) is 2.99. The maximum Gasteiger partial charge on any atom is 0.341 e. The van der Waals surface area contributed by atoms with E-state index in [4.69, 9.17) is 9.84 Å². The monoisotopic (exact) mass is 359 g/mol. The maximum absolute atomic E-state index is 12.4. The minimum absolute atomic E-state index is 0.0250. The lowest BCUT2D eigenvalue weighted by atomic mass is 10.0. The summed E-state index contributed by atoms with van der Waals surface area (Å²) in [6.07, 6.45) is 0.811. The predicted octanol–water partition coefficient (Wildman–Crippen LogP) is 3.56. The number of carboxylic acid groups (broad SMARTS) is 1. The highest BCUT2D eigenvalue weighted by atomic mass is 32.1. The van der Waals surface area contributed by atoms with Crippen molar-refractivity contribution in [3.63, 3.8) is 0 Å². The van der Waals surface area contributed by atoms with Crippen molar-refractivity contribution in [2.75, 3.05) is 11.9 Å². The molecular weight excluding hydrogens is 342 g/mol. The molecule has 0 aliphatic rings. The second-order valence-electron chi connectivity index (χ2n) is 5.06. The second-order valence-corrected chi connectivity index (χ2v) is 5.94. The molecule has 130 valence electrons. The van der Waals surface area contributed by atoms with Crippen molar-refractivity contribution in [3.8, 4) is 11.1 Å². The zero-order chi connectivity index (χ0) is 18.4. The van der Waals surface area contributed by atoms with Gasteiger partial charge in [-0.25, -0.2) is 9.59 Å². The Balaban J connectivity index is 2.42. The first kappa shape index (κ1) is 18.4. The SMILES string of the molecule is CCOC(=O)c1c(-c2ccccc2)csc1NC(=O)/C(C)=C\C(=O)O. The first-order valence-electron chi connectivity index (χ1n) is 7.50. The smallest absolute Gasteiger partial charge is 0.341 e. The minimum Gasteiger partial charge on any atom is -0.478 e.